The molecule has 2 fully saturated rings. The zero-order valence-electron chi connectivity index (χ0n) is 17.9. The molecule has 0 unspecified atom stereocenters. The molecule has 2 aliphatic heterocycles. The minimum absolute atomic E-state index is 0.00465. The molecule has 0 bridgehead atoms. The van der Waals surface area contributed by atoms with Gasteiger partial charge >= 0.3 is 0 Å². The van der Waals surface area contributed by atoms with Crippen LogP contribution in [0.5, 0.6) is 0 Å². The van der Waals surface area contributed by atoms with Crippen LogP contribution in [0.3, 0.4) is 0 Å². The predicted molar refractivity (Wildman–Crippen MR) is 114 cm³/mol. The van der Waals surface area contributed by atoms with Crippen molar-refractivity contribution in [3.63, 3.8) is 0 Å². The first-order valence-electron chi connectivity index (χ1n) is 11.0. The highest BCUT2D eigenvalue weighted by atomic mass is 16.3. The molecule has 166 valence electrons. The third kappa shape index (κ3) is 4.77. The van der Waals surface area contributed by atoms with Gasteiger partial charge in [0.25, 0.3) is 5.91 Å². The zero-order valence-corrected chi connectivity index (χ0v) is 17.9. The summed E-state index contributed by atoms with van der Waals surface area (Å²) in [5.74, 6) is -0.0595. The number of hydrogen-bond donors (Lipinski definition) is 2. The van der Waals surface area contributed by atoms with Crippen LogP contribution < -0.4 is 5.32 Å². The number of carbonyl (C=O) groups excluding carboxylic acids is 2. The van der Waals surface area contributed by atoms with Crippen LogP contribution in [0.2, 0.25) is 0 Å². The third-order valence-corrected chi connectivity index (χ3v) is 6.27. The van der Waals surface area contributed by atoms with E-state index in [-0.39, 0.29) is 23.9 Å². The molecule has 2 aromatic heterocycles. The van der Waals surface area contributed by atoms with Gasteiger partial charge in [-0.1, -0.05) is 6.07 Å². The van der Waals surface area contributed by atoms with Gasteiger partial charge in [0.1, 0.15) is 5.69 Å². The van der Waals surface area contributed by atoms with E-state index in [0.717, 1.165) is 18.4 Å². The van der Waals surface area contributed by atoms with Gasteiger partial charge in [-0.25, -0.2) is 0 Å². The number of aliphatic hydroxyl groups excluding tert-OH is 1. The van der Waals surface area contributed by atoms with E-state index < -0.39 is 6.10 Å². The van der Waals surface area contributed by atoms with Crippen molar-refractivity contribution in [3.8, 4) is 0 Å². The Kier molecular flexibility index (Phi) is 6.62. The van der Waals surface area contributed by atoms with Crippen LogP contribution in [0.25, 0.3) is 0 Å². The van der Waals surface area contributed by atoms with Crippen molar-refractivity contribution in [1.29, 1.82) is 0 Å². The van der Waals surface area contributed by atoms with Gasteiger partial charge < -0.3 is 15.3 Å². The first kappa shape index (κ1) is 21.5. The van der Waals surface area contributed by atoms with Crippen LogP contribution >= 0.6 is 0 Å². The summed E-state index contributed by atoms with van der Waals surface area (Å²) < 4.78 is 1.72. The molecular formula is C22H30N6O3. The second-order valence-electron chi connectivity index (χ2n) is 8.24. The lowest BCUT2D eigenvalue weighted by atomic mass is 10.0. The number of hydrogen-bond acceptors (Lipinski definition) is 6. The van der Waals surface area contributed by atoms with Crippen molar-refractivity contribution in [2.24, 2.45) is 0 Å². The van der Waals surface area contributed by atoms with E-state index in [1.165, 1.54) is 0 Å². The highest BCUT2D eigenvalue weighted by Crippen LogP contribution is 2.27. The monoisotopic (exact) mass is 426 g/mol. The van der Waals surface area contributed by atoms with Crippen molar-refractivity contribution in [1.82, 2.24) is 29.9 Å². The molecular weight excluding hydrogens is 396 g/mol. The molecule has 0 saturated carbocycles. The Hall–Kier alpha value is -2.78. The number of rotatable bonds is 6. The van der Waals surface area contributed by atoms with Crippen LogP contribution in [-0.4, -0.2) is 79.3 Å². The molecule has 2 amide bonds. The summed E-state index contributed by atoms with van der Waals surface area (Å²) in [4.78, 5) is 33.8. The van der Waals surface area contributed by atoms with Gasteiger partial charge in [0.2, 0.25) is 5.91 Å². The minimum atomic E-state index is -0.507. The van der Waals surface area contributed by atoms with E-state index in [2.05, 4.69) is 20.3 Å². The fraction of sp³-hybridized carbons (Fsp3) is 0.545. The SMILES string of the molecule is CCn1nccc1C(=O)N1CCC(N2C[C@H](O)C[C@H]2C(=O)NCc2cccnc2)CC1. The quantitative estimate of drug-likeness (QED) is 0.703. The lowest BCUT2D eigenvalue weighted by molar-refractivity contribution is -0.126. The maximum absolute atomic E-state index is 12.9. The van der Waals surface area contributed by atoms with Gasteiger partial charge in [-0.3, -0.25) is 24.2 Å². The fourth-order valence-electron chi connectivity index (χ4n) is 4.64. The van der Waals surface area contributed by atoms with Crippen LogP contribution in [-0.2, 0) is 17.9 Å². The van der Waals surface area contributed by atoms with E-state index in [4.69, 9.17) is 0 Å². The van der Waals surface area contributed by atoms with Crippen LogP contribution in [0.1, 0.15) is 42.2 Å². The molecule has 2 aliphatic rings. The molecule has 2 aromatic rings. The Morgan fingerprint density at radius 1 is 1.23 bits per heavy atom. The number of nitrogens with one attached hydrogen (secondary N) is 1. The van der Waals surface area contributed by atoms with Gasteiger partial charge in [0.15, 0.2) is 0 Å². The van der Waals surface area contributed by atoms with Crippen molar-refractivity contribution < 1.29 is 14.7 Å². The number of aliphatic hydroxyl groups is 1. The molecule has 0 radical (unpaired) electrons. The van der Waals surface area contributed by atoms with E-state index in [1.54, 1.807) is 29.3 Å². The molecule has 2 atom stereocenters. The molecule has 0 aliphatic carbocycles. The Labute approximate surface area is 182 Å². The number of aromatic nitrogens is 3. The zero-order chi connectivity index (χ0) is 21.8. The highest BCUT2D eigenvalue weighted by Gasteiger charge is 2.41. The summed E-state index contributed by atoms with van der Waals surface area (Å²) in [6.07, 6.45) is 6.59. The number of aryl methyl sites for hydroxylation is 1. The summed E-state index contributed by atoms with van der Waals surface area (Å²) in [5.41, 5.74) is 1.56. The number of pyridine rings is 1. The van der Waals surface area contributed by atoms with Crippen molar-refractivity contribution in [2.75, 3.05) is 19.6 Å². The van der Waals surface area contributed by atoms with Crippen LogP contribution in [0.4, 0.5) is 0 Å². The Morgan fingerprint density at radius 3 is 2.74 bits per heavy atom. The molecule has 2 saturated heterocycles. The molecule has 9 heteroatoms. The average molecular weight is 427 g/mol. The number of β-amino-alcohol motifs (C(OH)–C–C–N with tert-alkyl or cyclic N) is 1. The first-order valence-corrected chi connectivity index (χ1v) is 11.0. The second-order valence-corrected chi connectivity index (χ2v) is 8.24. The third-order valence-electron chi connectivity index (χ3n) is 6.27. The minimum Gasteiger partial charge on any atom is -0.392 e. The summed E-state index contributed by atoms with van der Waals surface area (Å²) in [7, 11) is 0. The molecule has 2 N–H and O–H groups in total. The number of amides is 2. The Balaban J connectivity index is 1.34. The largest absolute Gasteiger partial charge is 0.392 e. The van der Waals surface area contributed by atoms with Gasteiger partial charge in [-0.05, 0) is 43.9 Å². The molecule has 0 spiro atoms. The Morgan fingerprint density at radius 2 is 2.03 bits per heavy atom. The smallest absolute Gasteiger partial charge is 0.272 e. The summed E-state index contributed by atoms with van der Waals surface area (Å²) >= 11 is 0. The normalized spacial score (nSPS) is 22.6. The predicted octanol–water partition coefficient (Wildman–Crippen LogP) is 0.654. The van der Waals surface area contributed by atoms with E-state index >= 15 is 0 Å². The summed E-state index contributed by atoms with van der Waals surface area (Å²) in [6, 6.07) is 5.35. The standard InChI is InChI=1S/C22H30N6O3/c1-2-28-19(5-9-25-28)22(31)26-10-6-17(7-11-26)27-15-18(29)12-20(27)21(30)24-14-16-4-3-8-23-13-16/h3-5,8-9,13,17-18,20,29H,2,6-7,10-12,14-15H2,1H3,(H,24,30)/t18-,20+/m1/s1. The lowest BCUT2D eigenvalue weighted by Crippen LogP contribution is -2.52. The van der Waals surface area contributed by atoms with Crippen molar-refractivity contribution in [3.05, 3.63) is 48.0 Å². The topological polar surface area (TPSA) is 104 Å². The summed E-state index contributed by atoms with van der Waals surface area (Å²) in [6.45, 7) is 4.81. The number of likely N-dealkylation sites (tertiary alicyclic amines) is 2. The molecule has 4 heterocycles. The van der Waals surface area contributed by atoms with E-state index in [1.807, 2.05) is 24.0 Å². The van der Waals surface area contributed by atoms with Gasteiger partial charge in [-0.2, -0.15) is 5.10 Å². The number of carbonyl (C=O) groups is 2. The van der Waals surface area contributed by atoms with Crippen molar-refractivity contribution in [2.45, 2.75) is 57.5 Å². The van der Waals surface area contributed by atoms with E-state index in [0.29, 0.717) is 44.8 Å². The number of nitrogens with zero attached hydrogens (tertiary/aromatic N) is 5. The fourth-order valence-corrected chi connectivity index (χ4v) is 4.64. The maximum Gasteiger partial charge on any atom is 0.272 e. The maximum atomic E-state index is 12.9. The average Bonchev–Trinajstić information content (AvgIpc) is 3.44. The second kappa shape index (κ2) is 9.57. The molecule has 0 aromatic carbocycles. The molecule has 31 heavy (non-hydrogen) atoms. The summed E-state index contributed by atoms with van der Waals surface area (Å²) in [5, 5.41) is 17.4. The lowest BCUT2D eigenvalue weighted by Gasteiger charge is -2.38. The first-order chi connectivity index (χ1) is 15.1. The molecule has 4 rings (SSSR count). The van der Waals surface area contributed by atoms with Gasteiger partial charge in [0, 0.05) is 57.4 Å². The highest BCUT2D eigenvalue weighted by molar-refractivity contribution is 5.92. The van der Waals surface area contributed by atoms with Gasteiger partial charge in [0.05, 0.1) is 12.1 Å². The number of piperidine rings is 1. The van der Waals surface area contributed by atoms with Gasteiger partial charge in [-0.15, -0.1) is 0 Å². The Bertz CT molecular complexity index is 894. The van der Waals surface area contributed by atoms with Crippen molar-refractivity contribution >= 4 is 11.8 Å². The molecule has 9 nitrogen and oxygen atoms in total. The van der Waals surface area contributed by atoms with Crippen LogP contribution in [0, 0.1) is 0 Å². The van der Waals surface area contributed by atoms with Crippen LogP contribution in [0.15, 0.2) is 36.8 Å². The van der Waals surface area contributed by atoms with E-state index in [9.17, 15) is 14.7 Å².